The lowest BCUT2D eigenvalue weighted by molar-refractivity contribution is 0.0690. The van der Waals surface area contributed by atoms with Gasteiger partial charge in [0.25, 0.3) is 0 Å². The van der Waals surface area contributed by atoms with E-state index in [4.69, 9.17) is 9.47 Å². The van der Waals surface area contributed by atoms with Crippen molar-refractivity contribution in [1.82, 2.24) is 10.6 Å². The van der Waals surface area contributed by atoms with Crippen LogP contribution in [0.2, 0.25) is 0 Å². The number of ether oxygens (including phenoxy) is 2. The summed E-state index contributed by atoms with van der Waals surface area (Å²) in [6.45, 7) is 4.57. The van der Waals surface area contributed by atoms with E-state index < -0.39 is 0 Å². The summed E-state index contributed by atoms with van der Waals surface area (Å²) in [6.07, 6.45) is 7.99. The second kappa shape index (κ2) is 8.90. The summed E-state index contributed by atoms with van der Waals surface area (Å²) in [7, 11) is 1.71. The van der Waals surface area contributed by atoms with Gasteiger partial charge >= 0.3 is 0 Å². The van der Waals surface area contributed by atoms with Crippen molar-refractivity contribution in [3.05, 3.63) is 0 Å². The van der Waals surface area contributed by atoms with Gasteiger partial charge in [-0.15, -0.1) is 0 Å². The van der Waals surface area contributed by atoms with E-state index in [0.29, 0.717) is 13.2 Å². The Morgan fingerprint density at radius 2 is 2.05 bits per heavy atom. The van der Waals surface area contributed by atoms with E-state index in [9.17, 15) is 0 Å². The molecule has 1 heterocycles. The van der Waals surface area contributed by atoms with Crippen LogP contribution >= 0.6 is 0 Å². The minimum Gasteiger partial charge on any atom is -0.382 e. The second-order valence-corrected chi connectivity index (χ2v) is 5.82. The van der Waals surface area contributed by atoms with Crippen LogP contribution in [0.1, 0.15) is 38.5 Å². The van der Waals surface area contributed by atoms with Crippen molar-refractivity contribution < 1.29 is 9.47 Å². The van der Waals surface area contributed by atoms with Crippen LogP contribution in [0.4, 0.5) is 0 Å². The molecular weight excluding hydrogens is 240 g/mol. The maximum absolute atomic E-state index is 5.49. The molecule has 4 heteroatoms. The van der Waals surface area contributed by atoms with Gasteiger partial charge in [0, 0.05) is 25.8 Å². The van der Waals surface area contributed by atoms with Crippen molar-refractivity contribution in [3.8, 4) is 0 Å². The Morgan fingerprint density at radius 1 is 1.11 bits per heavy atom. The molecule has 0 bridgehead atoms. The van der Waals surface area contributed by atoms with E-state index in [0.717, 1.165) is 37.6 Å². The molecule has 0 amide bonds. The molecule has 0 aromatic carbocycles. The maximum Gasteiger partial charge on any atom is 0.0700 e. The normalized spacial score (nSPS) is 31.1. The predicted octanol–water partition coefficient (Wildman–Crippen LogP) is 1.55. The molecule has 19 heavy (non-hydrogen) atoms. The Kier molecular flexibility index (Phi) is 7.14. The quantitative estimate of drug-likeness (QED) is 0.624. The van der Waals surface area contributed by atoms with Crippen molar-refractivity contribution in [2.24, 2.45) is 5.92 Å². The lowest BCUT2D eigenvalue weighted by Crippen LogP contribution is -2.42. The summed E-state index contributed by atoms with van der Waals surface area (Å²) >= 11 is 0. The summed E-state index contributed by atoms with van der Waals surface area (Å²) in [6, 6.07) is 1.51. The van der Waals surface area contributed by atoms with E-state index in [-0.39, 0.29) is 0 Å². The number of hydrogen-bond acceptors (Lipinski definition) is 4. The van der Waals surface area contributed by atoms with Gasteiger partial charge in [-0.3, -0.25) is 0 Å². The average molecular weight is 270 g/mol. The van der Waals surface area contributed by atoms with Gasteiger partial charge in [-0.25, -0.2) is 0 Å². The molecule has 1 aliphatic heterocycles. The largest absolute Gasteiger partial charge is 0.382 e. The number of rotatable bonds is 9. The number of hydrogen-bond donors (Lipinski definition) is 2. The fourth-order valence-electron chi connectivity index (χ4n) is 3.51. The molecule has 0 spiro atoms. The van der Waals surface area contributed by atoms with Crippen LogP contribution in [0.15, 0.2) is 0 Å². The molecule has 3 atom stereocenters. The first-order valence-electron chi connectivity index (χ1n) is 7.95. The number of nitrogens with one attached hydrogen (secondary N) is 2. The SMILES string of the molecule is COCCOCCCNC1CCCC1C1CCCN1. The van der Waals surface area contributed by atoms with Gasteiger partial charge in [0.2, 0.25) is 0 Å². The summed E-state index contributed by atoms with van der Waals surface area (Å²) in [5.74, 6) is 0.858. The van der Waals surface area contributed by atoms with E-state index in [1.807, 2.05) is 0 Å². The van der Waals surface area contributed by atoms with Crippen LogP contribution in [-0.2, 0) is 9.47 Å². The molecule has 1 saturated heterocycles. The summed E-state index contributed by atoms with van der Waals surface area (Å²) in [5, 5.41) is 7.42. The topological polar surface area (TPSA) is 42.5 Å². The van der Waals surface area contributed by atoms with Crippen molar-refractivity contribution in [1.29, 1.82) is 0 Å². The van der Waals surface area contributed by atoms with Crippen molar-refractivity contribution >= 4 is 0 Å². The molecule has 1 aliphatic carbocycles. The number of methoxy groups -OCH3 is 1. The third-order valence-corrected chi connectivity index (χ3v) is 4.49. The summed E-state index contributed by atoms with van der Waals surface area (Å²) in [4.78, 5) is 0. The Balaban J connectivity index is 1.54. The monoisotopic (exact) mass is 270 g/mol. The smallest absolute Gasteiger partial charge is 0.0700 e. The zero-order valence-corrected chi connectivity index (χ0v) is 12.3. The predicted molar refractivity (Wildman–Crippen MR) is 77.5 cm³/mol. The Bertz CT molecular complexity index is 232. The van der Waals surface area contributed by atoms with E-state index in [1.165, 1.54) is 38.6 Å². The van der Waals surface area contributed by atoms with Crippen LogP contribution in [0.3, 0.4) is 0 Å². The molecule has 4 nitrogen and oxygen atoms in total. The van der Waals surface area contributed by atoms with Crippen LogP contribution in [0, 0.1) is 5.92 Å². The highest BCUT2D eigenvalue weighted by molar-refractivity contribution is 4.93. The van der Waals surface area contributed by atoms with Crippen LogP contribution < -0.4 is 10.6 Å². The molecule has 1 saturated carbocycles. The molecule has 3 unspecified atom stereocenters. The zero-order valence-electron chi connectivity index (χ0n) is 12.3. The standard InChI is InChI=1S/C15H30N2O2/c1-18-11-12-19-10-4-9-17-14-6-2-5-13(14)15-7-3-8-16-15/h13-17H,2-12H2,1H3. The molecule has 0 radical (unpaired) electrons. The van der Waals surface area contributed by atoms with E-state index in [2.05, 4.69) is 10.6 Å². The third-order valence-electron chi connectivity index (χ3n) is 4.49. The lowest BCUT2D eigenvalue weighted by atomic mass is 9.93. The highest BCUT2D eigenvalue weighted by atomic mass is 16.5. The highest BCUT2D eigenvalue weighted by Gasteiger charge is 2.34. The summed E-state index contributed by atoms with van der Waals surface area (Å²) in [5.41, 5.74) is 0. The third kappa shape index (κ3) is 5.03. The second-order valence-electron chi connectivity index (χ2n) is 5.82. The van der Waals surface area contributed by atoms with Gasteiger partial charge in [0.1, 0.15) is 0 Å². The van der Waals surface area contributed by atoms with Crippen molar-refractivity contribution in [3.63, 3.8) is 0 Å². The van der Waals surface area contributed by atoms with Crippen LogP contribution in [0.25, 0.3) is 0 Å². The van der Waals surface area contributed by atoms with E-state index >= 15 is 0 Å². The highest BCUT2D eigenvalue weighted by Crippen LogP contribution is 2.31. The van der Waals surface area contributed by atoms with Gasteiger partial charge in [-0.1, -0.05) is 6.42 Å². The minimum absolute atomic E-state index is 0.700. The van der Waals surface area contributed by atoms with Gasteiger partial charge in [0.05, 0.1) is 13.2 Å². The fourth-order valence-corrected chi connectivity index (χ4v) is 3.51. The minimum atomic E-state index is 0.700. The average Bonchev–Trinajstić information content (AvgIpc) is 3.08. The molecule has 0 aromatic rings. The van der Waals surface area contributed by atoms with Gasteiger partial charge in [-0.05, 0) is 51.1 Å². The molecule has 0 aromatic heterocycles. The Hall–Kier alpha value is -0.160. The Labute approximate surface area is 117 Å². The van der Waals surface area contributed by atoms with Crippen LogP contribution in [-0.4, -0.2) is 52.1 Å². The summed E-state index contributed by atoms with van der Waals surface area (Å²) < 4.78 is 10.4. The fraction of sp³-hybridized carbons (Fsp3) is 1.00. The first-order chi connectivity index (χ1) is 9.42. The molecule has 112 valence electrons. The molecule has 2 fully saturated rings. The zero-order chi connectivity index (χ0) is 13.3. The molecule has 2 aliphatic rings. The van der Waals surface area contributed by atoms with Gasteiger partial charge in [0.15, 0.2) is 0 Å². The Morgan fingerprint density at radius 3 is 2.84 bits per heavy atom. The first kappa shape index (κ1) is 15.2. The molecule has 2 N–H and O–H groups in total. The van der Waals surface area contributed by atoms with Gasteiger partial charge in [-0.2, -0.15) is 0 Å². The molecular formula is C15H30N2O2. The van der Waals surface area contributed by atoms with Crippen molar-refractivity contribution in [2.45, 2.75) is 50.6 Å². The van der Waals surface area contributed by atoms with Crippen molar-refractivity contribution in [2.75, 3.05) is 40.0 Å². The maximum atomic E-state index is 5.49. The van der Waals surface area contributed by atoms with Gasteiger partial charge < -0.3 is 20.1 Å². The van der Waals surface area contributed by atoms with Crippen LogP contribution in [0.5, 0.6) is 0 Å². The first-order valence-corrected chi connectivity index (χ1v) is 7.95. The van der Waals surface area contributed by atoms with E-state index in [1.54, 1.807) is 7.11 Å². The molecule has 2 rings (SSSR count). The lowest BCUT2D eigenvalue weighted by Gasteiger charge is -2.26.